The van der Waals surface area contributed by atoms with E-state index in [1.54, 1.807) is 38.3 Å². The summed E-state index contributed by atoms with van der Waals surface area (Å²) in [5.74, 6) is 1.85. The van der Waals surface area contributed by atoms with Gasteiger partial charge in [-0.15, -0.1) is 0 Å². The van der Waals surface area contributed by atoms with Gasteiger partial charge in [-0.2, -0.15) is 4.98 Å². The van der Waals surface area contributed by atoms with E-state index in [2.05, 4.69) is 30.9 Å². The minimum Gasteiger partial charge on any atom is -0.493 e. The Labute approximate surface area is 176 Å². The van der Waals surface area contributed by atoms with Crippen LogP contribution in [0.4, 0.5) is 0 Å². The molecule has 0 unspecified atom stereocenters. The summed E-state index contributed by atoms with van der Waals surface area (Å²) in [6.07, 6.45) is 0. The number of carbonyl (C=O) groups is 1. The van der Waals surface area contributed by atoms with Crippen molar-refractivity contribution in [3.8, 4) is 22.9 Å². The van der Waals surface area contributed by atoms with Crippen LogP contribution in [0.3, 0.4) is 0 Å². The molecule has 0 aliphatic rings. The lowest BCUT2D eigenvalue weighted by molar-refractivity contribution is 0.0769. The van der Waals surface area contributed by atoms with Crippen molar-refractivity contribution in [2.45, 2.75) is 32.7 Å². The summed E-state index contributed by atoms with van der Waals surface area (Å²) >= 11 is 0. The summed E-state index contributed by atoms with van der Waals surface area (Å²) in [6, 6.07) is 13.1. The van der Waals surface area contributed by atoms with Crippen LogP contribution in [-0.4, -0.2) is 42.2 Å². The predicted molar refractivity (Wildman–Crippen MR) is 114 cm³/mol. The highest BCUT2D eigenvalue weighted by Gasteiger charge is 2.19. The first-order valence-corrected chi connectivity index (χ1v) is 9.64. The maximum absolute atomic E-state index is 12.7. The summed E-state index contributed by atoms with van der Waals surface area (Å²) in [4.78, 5) is 18.7. The predicted octanol–water partition coefficient (Wildman–Crippen LogP) is 4.32. The number of methoxy groups -OCH3 is 2. The second-order valence-electron chi connectivity index (χ2n) is 8.07. The Kier molecular flexibility index (Phi) is 6.10. The lowest BCUT2D eigenvalue weighted by Crippen LogP contribution is -2.26. The highest BCUT2D eigenvalue weighted by Crippen LogP contribution is 2.31. The zero-order valence-electron chi connectivity index (χ0n) is 18.2. The van der Waals surface area contributed by atoms with Crippen LogP contribution in [0.5, 0.6) is 11.5 Å². The monoisotopic (exact) mass is 409 g/mol. The zero-order valence-corrected chi connectivity index (χ0v) is 18.2. The molecule has 0 fully saturated rings. The van der Waals surface area contributed by atoms with Crippen LogP contribution >= 0.6 is 0 Å². The van der Waals surface area contributed by atoms with Gasteiger partial charge in [-0.1, -0.05) is 38.1 Å². The fraction of sp³-hybridized carbons (Fsp3) is 0.348. The number of rotatable bonds is 6. The molecule has 7 heteroatoms. The van der Waals surface area contributed by atoms with Gasteiger partial charge >= 0.3 is 0 Å². The van der Waals surface area contributed by atoms with Gasteiger partial charge in [-0.25, -0.2) is 0 Å². The van der Waals surface area contributed by atoms with Gasteiger partial charge in [-0.05, 0) is 41.3 Å². The topological polar surface area (TPSA) is 77.7 Å². The summed E-state index contributed by atoms with van der Waals surface area (Å²) in [7, 11) is 4.85. The Morgan fingerprint density at radius 2 is 1.70 bits per heavy atom. The van der Waals surface area contributed by atoms with E-state index in [0.29, 0.717) is 28.8 Å². The molecule has 1 aromatic heterocycles. The summed E-state index contributed by atoms with van der Waals surface area (Å²) in [5, 5.41) is 4.02. The van der Waals surface area contributed by atoms with E-state index in [0.717, 1.165) is 5.56 Å². The largest absolute Gasteiger partial charge is 0.493 e. The maximum atomic E-state index is 12.7. The lowest BCUT2D eigenvalue weighted by atomic mass is 9.86. The Balaban J connectivity index is 1.71. The third-order valence-corrected chi connectivity index (χ3v) is 4.83. The highest BCUT2D eigenvalue weighted by atomic mass is 16.5. The Morgan fingerprint density at radius 3 is 2.30 bits per heavy atom. The number of benzene rings is 2. The molecule has 0 radical (unpaired) electrons. The van der Waals surface area contributed by atoms with Crippen molar-refractivity contribution in [1.82, 2.24) is 15.0 Å². The number of nitrogens with zero attached hydrogens (tertiary/aromatic N) is 3. The Morgan fingerprint density at radius 1 is 1.03 bits per heavy atom. The number of amides is 1. The van der Waals surface area contributed by atoms with Crippen LogP contribution in [-0.2, 0) is 12.0 Å². The van der Waals surface area contributed by atoms with Crippen LogP contribution in [0.15, 0.2) is 47.0 Å². The van der Waals surface area contributed by atoms with Crippen molar-refractivity contribution < 1.29 is 18.8 Å². The molecule has 0 atom stereocenters. The third-order valence-electron chi connectivity index (χ3n) is 4.83. The highest BCUT2D eigenvalue weighted by molar-refractivity contribution is 5.94. The molecule has 0 aliphatic carbocycles. The van der Waals surface area contributed by atoms with Gasteiger partial charge in [0, 0.05) is 18.2 Å². The second kappa shape index (κ2) is 8.57. The molecule has 0 aliphatic heterocycles. The molecule has 30 heavy (non-hydrogen) atoms. The molecule has 3 aromatic rings. The van der Waals surface area contributed by atoms with E-state index in [1.165, 1.54) is 5.56 Å². The normalized spacial score (nSPS) is 11.3. The SMILES string of the molecule is COc1ccc(-c2noc(CN(C)C(=O)c3ccc(C(C)(C)C)cc3)n2)cc1OC. The van der Waals surface area contributed by atoms with E-state index >= 15 is 0 Å². The first-order chi connectivity index (χ1) is 14.2. The minimum absolute atomic E-state index is 0.0395. The van der Waals surface area contributed by atoms with Gasteiger partial charge in [0.25, 0.3) is 5.91 Å². The fourth-order valence-electron chi connectivity index (χ4n) is 3.02. The van der Waals surface area contributed by atoms with Crippen molar-refractivity contribution in [3.63, 3.8) is 0 Å². The van der Waals surface area contributed by atoms with Crippen LogP contribution < -0.4 is 9.47 Å². The van der Waals surface area contributed by atoms with Crippen molar-refractivity contribution in [2.24, 2.45) is 0 Å². The maximum Gasteiger partial charge on any atom is 0.254 e. The summed E-state index contributed by atoms with van der Waals surface area (Å²) < 4.78 is 15.9. The zero-order chi connectivity index (χ0) is 21.9. The third kappa shape index (κ3) is 4.62. The van der Waals surface area contributed by atoms with E-state index in [4.69, 9.17) is 14.0 Å². The van der Waals surface area contributed by atoms with Crippen LogP contribution in [0.25, 0.3) is 11.4 Å². The number of carbonyl (C=O) groups excluding carboxylic acids is 1. The second-order valence-corrected chi connectivity index (χ2v) is 8.07. The van der Waals surface area contributed by atoms with Gasteiger partial charge in [-0.3, -0.25) is 4.79 Å². The summed E-state index contributed by atoms with van der Waals surface area (Å²) in [5.41, 5.74) is 2.57. The van der Waals surface area contributed by atoms with Crippen LogP contribution in [0, 0.1) is 0 Å². The van der Waals surface area contributed by atoms with Crippen LogP contribution in [0.2, 0.25) is 0 Å². The molecule has 0 N–H and O–H groups in total. The molecule has 0 saturated heterocycles. The minimum atomic E-state index is -0.110. The molecule has 158 valence electrons. The Hall–Kier alpha value is -3.35. The van der Waals surface area contributed by atoms with Crippen molar-refractivity contribution in [3.05, 3.63) is 59.5 Å². The van der Waals surface area contributed by atoms with Gasteiger partial charge in [0.2, 0.25) is 11.7 Å². The molecule has 3 rings (SSSR count). The van der Waals surface area contributed by atoms with Gasteiger partial charge in [0.15, 0.2) is 11.5 Å². The lowest BCUT2D eigenvalue weighted by Gasteiger charge is -2.20. The molecule has 1 amide bonds. The number of ether oxygens (including phenoxy) is 2. The van der Waals surface area contributed by atoms with E-state index < -0.39 is 0 Å². The molecule has 0 saturated carbocycles. The van der Waals surface area contributed by atoms with Gasteiger partial charge in [0.1, 0.15) is 0 Å². The van der Waals surface area contributed by atoms with E-state index in [1.807, 2.05) is 30.3 Å². The first kappa shape index (κ1) is 21.4. The Bertz CT molecular complexity index is 1020. The number of hydrogen-bond acceptors (Lipinski definition) is 6. The quantitative estimate of drug-likeness (QED) is 0.603. The van der Waals surface area contributed by atoms with Crippen LogP contribution in [0.1, 0.15) is 42.6 Å². The summed E-state index contributed by atoms with van der Waals surface area (Å²) in [6.45, 7) is 6.63. The fourth-order valence-corrected chi connectivity index (χ4v) is 3.02. The van der Waals surface area contributed by atoms with Crippen molar-refractivity contribution in [2.75, 3.05) is 21.3 Å². The van der Waals surface area contributed by atoms with E-state index in [-0.39, 0.29) is 17.9 Å². The molecule has 0 spiro atoms. The number of aromatic nitrogens is 2. The molecular weight excluding hydrogens is 382 g/mol. The molecule has 2 aromatic carbocycles. The van der Waals surface area contributed by atoms with Crippen molar-refractivity contribution >= 4 is 5.91 Å². The molecular formula is C23H27N3O4. The molecule has 0 bridgehead atoms. The molecule has 1 heterocycles. The average molecular weight is 409 g/mol. The van der Waals surface area contributed by atoms with Gasteiger partial charge < -0.3 is 18.9 Å². The standard InChI is InChI=1S/C23H27N3O4/c1-23(2,3)17-10-7-15(8-11-17)22(27)26(4)14-20-24-21(25-30-20)16-9-12-18(28-5)19(13-16)29-6/h7-13H,14H2,1-6H3. The number of hydrogen-bond donors (Lipinski definition) is 0. The van der Waals surface area contributed by atoms with E-state index in [9.17, 15) is 4.79 Å². The first-order valence-electron chi connectivity index (χ1n) is 9.64. The molecule has 7 nitrogen and oxygen atoms in total. The average Bonchev–Trinajstić information content (AvgIpc) is 3.20. The smallest absolute Gasteiger partial charge is 0.254 e. The van der Waals surface area contributed by atoms with Gasteiger partial charge in [0.05, 0.1) is 20.8 Å². The van der Waals surface area contributed by atoms with Crippen molar-refractivity contribution in [1.29, 1.82) is 0 Å².